The summed E-state index contributed by atoms with van der Waals surface area (Å²) in [4.78, 5) is 0. The normalized spacial score (nSPS) is 14.7. The highest BCUT2D eigenvalue weighted by Crippen LogP contribution is 2.47. The predicted molar refractivity (Wildman–Crippen MR) is 177 cm³/mol. The molecule has 3 heterocycles. The van der Waals surface area contributed by atoms with Crippen LogP contribution in [0.15, 0.2) is 138 Å². The first-order valence-electron chi connectivity index (χ1n) is 14.6. The molecule has 0 spiro atoms. The van der Waals surface area contributed by atoms with Gasteiger partial charge in [-0.3, -0.25) is 0 Å². The average molecular weight is 553 g/mol. The maximum atomic E-state index is 6.59. The summed E-state index contributed by atoms with van der Waals surface area (Å²) in [6.07, 6.45) is -0.324. The summed E-state index contributed by atoms with van der Waals surface area (Å²) in [5, 5.41) is 13.3. The van der Waals surface area contributed by atoms with Crippen molar-refractivity contribution in [3.63, 3.8) is 0 Å². The molecule has 202 valence electrons. The zero-order valence-corrected chi connectivity index (χ0v) is 23.0. The van der Waals surface area contributed by atoms with E-state index in [1.165, 1.54) is 38.0 Å². The molecule has 4 heteroatoms. The molecule has 1 aliphatic heterocycles. The highest BCUT2D eigenvalue weighted by Gasteiger charge is 2.29. The van der Waals surface area contributed by atoms with Gasteiger partial charge in [0.15, 0.2) is 6.23 Å². The summed E-state index contributed by atoms with van der Waals surface area (Å²) in [5.74, 6) is 0.839. The molecule has 1 N–H and O–H groups in total. The van der Waals surface area contributed by atoms with Crippen molar-refractivity contribution in [2.45, 2.75) is 6.23 Å². The molecular weight excluding hydrogens is 528 g/mol. The van der Waals surface area contributed by atoms with E-state index in [4.69, 9.17) is 9.15 Å². The number of anilines is 1. The fourth-order valence-electron chi connectivity index (χ4n) is 7.20. The first-order valence-corrected chi connectivity index (χ1v) is 14.6. The first-order chi connectivity index (χ1) is 21.3. The lowest BCUT2D eigenvalue weighted by atomic mass is 10.0. The summed E-state index contributed by atoms with van der Waals surface area (Å²) < 4.78 is 15.2. The second-order valence-electron chi connectivity index (χ2n) is 11.3. The number of para-hydroxylation sites is 2. The third-order valence-electron chi connectivity index (χ3n) is 9.05. The minimum absolute atomic E-state index is 0.324. The molecule has 1 atom stereocenters. The number of hydrogen-bond donors (Lipinski definition) is 1. The Morgan fingerprint density at radius 3 is 2.16 bits per heavy atom. The van der Waals surface area contributed by atoms with Gasteiger partial charge in [-0.05, 0) is 52.6 Å². The number of aromatic nitrogens is 1. The lowest BCUT2D eigenvalue weighted by Crippen LogP contribution is -2.11. The Morgan fingerprint density at radius 2 is 1.26 bits per heavy atom. The molecule has 0 amide bonds. The zero-order valence-electron chi connectivity index (χ0n) is 23.0. The molecule has 1 aliphatic rings. The van der Waals surface area contributed by atoms with Crippen LogP contribution >= 0.6 is 0 Å². The van der Waals surface area contributed by atoms with Gasteiger partial charge in [-0.1, -0.05) is 97.1 Å². The zero-order chi connectivity index (χ0) is 28.1. The van der Waals surface area contributed by atoms with Crippen LogP contribution in [-0.4, -0.2) is 4.57 Å². The minimum Gasteiger partial charge on any atom is -0.464 e. The van der Waals surface area contributed by atoms with Crippen molar-refractivity contribution in [1.29, 1.82) is 0 Å². The number of benzene rings is 7. The van der Waals surface area contributed by atoms with Crippen LogP contribution in [0, 0.1) is 0 Å². The topological polar surface area (TPSA) is 39.3 Å². The van der Waals surface area contributed by atoms with Crippen LogP contribution in [0.2, 0.25) is 0 Å². The van der Waals surface area contributed by atoms with Gasteiger partial charge in [0.05, 0.1) is 27.8 Å². The third-order valence-corrected chi connectivity index (χ3v) is 9.05. The van der Waals surface area contributed by atoms with Crippen molar-refractivity contribution in [2.75, 3.05) is 5.32 Å². The lowest BCUT2D eigenvalue weighted by Gasteiger charge is -2.18. The van der Waals surface area contributed by atoms with Crippen LogP contribution in [0.4, 0.5) is 5.69 Å². The Bertz CT molecular complexity index is 2590. The van der Waals surface area contributed by atoms with Crippen LogP contribution in [0.1, 0.15) is 11.8 Å². The molecule has 2 aromatic heterocycles. The largest absolute Gasteiger partial charge is 0.464 e. The lowest BCUT2D eigenvalue weighted by molar-refractivity contribution is 0.261. The number of nitrogens with zero attached hydrogens (tertiary/aromatic N) is 1. The van der Waals surface area contributed by atoms with E-state index >= 15 is 0 Å². The Morgan fingerprint density at radius 1 is 0.512 bits per heavy atom. The van der Waals surface area contributed by atoms with Gasteiger partial charge in [-0.2, -0.15) is 0 Å². The van der Waals surface area contributed by atoms with Gasteiger partial charge in [-0.25, -0.2) is 0 Å². The summed E-state index contributed by atoms with van der Waals surface area (Å²) in [6.45, 7) is 0. The van der Waals surface area contributed by atoms with E-state index in [2.05, 4.69) is 113 Å². The van der Waals surface area contributed by atoms with Gasteiger partial charge in [0.1, 0.15) is 16.9 Å². The Hall–Kier alpha value is -5.74. The van der Waals surface area contributed by atoms with E-state index in [1.54, 1.807) is 0 Å². The predicted octanol–water partition coefficient (Wildman–Crippen LogP) is 10.5. The second kappa shape index (κ2) is 8.40. The molecular formula is C39H24N2O2. The quantitative estimate of drug-likeness (QED) is 0.232. The van der Waals surface area contributed by atoms with E-state index in [1.807, 2.05) is 30.3 Å². The third kappa shape index (κ3) is 3.10. The molecule has 0 aliphatic carbocycles. The van der Waals surface area contributed by atoms with Crippen molar-refractivity contribution >= 4 is 71.0 Å². The van der Waals surface area contributed by atoms with E-state index < -0.39 is 0 Å². The number of rotatable bonds is 2. The smallest absolute Gasteiger partial charge is 0.197 e. The Kier molecular flexibility index (Phi) is 4.47. The van der Waals surface area contributed by atoms with Crippen molar-refractivity contribution in [1.82, 2.24) is 4.57 Å². The molecule has 10 rings (SSSR count). The first kappa shape index (κ1) is 22.9. The van der Waals surface area contributed by atoms with Crippen molar-refractivity contribution in [2.24, 2.45) is 0 Å². The molecule has 0 bridgehead atoms. The van der Waals surface area contributed by atoms with Crippen LogP contribution in [-0.2, 0) is 0 Å². The van der Waals surface area contributed by atoms with Crippen molar-refractivity contribution in [3.05, 3.63) is 139 Å². The number of nitrogens with one attached hydrogen (secondary N) is 1. The average Bonchev–Trinajstić information content (AvgIpc) is 3.76. The fraction of sp³-hybridized carbons (Fsp3) is 0.0256. The van der Waals surface area contributed by atoms with Gasteiger partial charge < -0.3 is 19.0 Å². The Labute approximate surface area is 246 Å². The molecule has 0 fully saturated rings. The van der Waals surface area contributed by atoms with Gasteiger partial charge in [0, 0.05) is 27.1 Å². The molecule has 7 aromatic carbocycles. The summed E-state index contributed by atoms with van der Waals surface area (Å²) in [6, 6.07) is 47.2. The number of fused-ring (bicyclic) bond motifs is 11. The Balaban J connectivity index is 1.18. The molecule has 0 radical (unpaired) electrons. The maximum Gasteiger partial charge on any atom is 0.197 e. The number of furan rings is 1. The van der Waals surface area contributed by atoms with Gasteiger partial charge >= 0.3 is 0 Å². The molecule has 4 nitrogen and oxygen atoms in total. The minimum atomic E-state index is -0.324. The van der Waals surface area contributed by atoms with Crippen LogP contribution in [0.3, 0.4) is 0 Å². The van der Waals surface area contributed by atoms with Crippen molar-refractivity contribution in [3.8, 4) is 11.4 Å². The molecule has 1 unspecified atom stereocenters. The standard InChI is InChI=1S/C39H24N2O2/c1-2-10-24-23(9-1)17-19-32-36(24)28-13-5-7-15-30(28)41(32)31-20-18-27(25-11-3-4-12-26(25)31)39-40-38-35(43-39)22-21-34-37(38)29-14-6-8-16-33(29)42-34/h1-22,39-40H. The van der Waals surface area contributed by atoms with Crippen LogP contribution in [0.25, 0.3) is 71.0 Å². The van der Waals surface area contributed by atoms with Gasteiger partial charge in [-0.15, -0.1) is 0 Å². The van der Waals surface area contributed by atoms with E-state index in [0.29, 0.717) is 0 Å². The second-order valence-corrected chi connectivity index (χ2v) is 11.3. The molecule has 0 saturated carbocycles. The molecule has 9 aromatic rings. The molecule has 43 heavy (non-hydrogen) atoms. The highest BCUT2D eigenvalue weighted by molar-refractivity contribution is 6.22. The number of ether oxygens (including phenoxy) is 1. The van der Waals surface area contributed by atoms with Crippen LogP contribution < -0.4 is 10.1 Å². The summed E-state index contributed by atoms with van der Waals surface area (Å²) in [7, 11) is 0. The van der Waals surface area contributed by atoms with Crippen LogP contribution in [0.5, 0.6) is 5.75 Å². The van der Waals surface area contributed by atoms with Gasteiger partial charge in [0.2, 0.25) is 0 Å². The summed E-state index contributed by atoms with van der Waals surface area (Å²) in [5.41, 5.74) is 7.37. The SMILES string of the molecule is c1ccc2c(c1)ccc1c2c2ccccc2n1-c1ccc(C2Nc3c(ccc4oc5ccccc5c34)O2)c2ccccc12. The van der Waals surface area contributed by atoms with E-state index in [-0.39, 0.29) is 6.23 Å². The maximum absolute atomic E-state index is 6.59. The van der Waals surface area contributed by atoms with E-state index in [0.717, 1.165) is 50.0 Å². The molecule has 0 saturated heterocycles. The van der Waals surface area contributed by atoms with E-state index in [9.17, 15) is 0 Å². The van der Waals surface area contributed by atoms with Gasteiger partial charge in [0.25, 0.3) is 0 Å². The monoisotopic (exact) mass is 552 g/mol. The summed E-state index contributed by atoms with van der Waals surface area (Å²) >= 11 is 0. The highest BCUT2D eigenvalue weighted by atomic mass is 16.5. The fourth-order valence-corrected chi connectivity index (χ4v) is 7.20. The number of hydrogen-bond acceptors (Lipinski definition) is 3. The van der Waals surface area contributed by atoms with Crippen molar-refractivity contribution < 1.29 is 9.15 Å².